The van der Waals surface area contributed by atoms with Crippen molar-refractivity contribution in [3.63, 3.8) is 0 Å². The molecule has 1 fully saturated rings. The van der Waals surface area contributed by atoms with Crippen molar-refractivity contribution in [1.29, 1.82) is 0 Å². The fraction of sp³-hybridized carbons (Fsp3) is 0.556. The van der Waals surface area contributed by atoms with Crippen molar-refractivity contribution in [3.05, 3.63) is 24.3 Å². The zero-order valence-electron chi connectivity index (χ0n) is 13.8. The largest absolute Gasteiger partial charge is 0.383 e. The van der Waals surface area contributed by atoms with E-state index in [0.717, 1.165) is 35.7 Å². The molecule has 5 heteroatoms. The maximum absolute atomic E-state index is 5.11. The molecule has 3 rings (SSSR count). The number of anilines is 2. The lowest BCUT2D eigenvalue weighted by Gasteiger charge is -2.22. The molecule has 1 aromatic carbocycles. The SMILES string of the molecule is COCCNc1nc(NCC2CCCCC2)nc2ccccc12. The van der Waals surface area contributed by atoms with Crippen LogP contribution in [0.15, 0.2) is 24.3 Å². The first kappa shape index (κ1) is 16.0. The average Bonchev–Trinajstić information content (AvgIpc) is 2.61. The highest BCUT2D eigenvalue weighted by atomic mass is 16.5. The van der Waals surface area contributed by atoms with Crippen molar-refractivity contribution in [1.82, 2.24) is 9.97 Å². The molecule has 0 unspecified atom stereocenters. The minimum atomic E-state index is 0.656. The summed E-state index contributed by atoms with van der Waals surface area (Å²) >= 11 is 0. The van der Waals surface area contributed by atoms with Gasteiger partial charge < -0.3 is 15.4 Å². The molecule has 5 nitrogen and oxygen atoms in total. The van der Waals surface area contributed by atoms with Gasteiger partial charge in [-0.15, -0.1) is 0 Å². The van der Waals surface area contributed by atoms with Crippen LogP contribution in [0.2, 0.25) is 0 Å². The maximum atomic E-state index is 5.11. The first-order valence-electron chi connectivity index (χ1n) is 8.60. The summed E-state index contributed by atoms with van der Waals surface area (Å²) in [4.78, 5) is 9.32. The molecule has 0 atom stereocenters. The Morgan fingerprint density at radius 1 is 1.09 bits per heavy atom. The van der Waals surface area contributed by atoms with Crippen LogP contribution in [-0.2, 0) is 4.74 Å². The topological polar surface area (TPSA) is 59.1 Å². The van der Waals surface area contributed by atoms with Gasteiger partial charge in [0.1, 0.15) is 5.82 Å². The van der Waals surface area contributed by atoms with Gasteiger partial charge in [0.05, 0.1) is 12.1 Å². The van der Waals surface area contributed by atoms with Crippen LogP contribution in [0.1, 0.15) is 32.1 Å². The molecule has 124 valence electrons. The van der Waals surface area contributed by atoms with Crippen LogP contribution in [0.3, 0.4) is 0 Å². The van der Waals surface area contributed by atoms with E-state index in [4.69, 9.17) is 4.74 Å². The standard InChI is InChI=1S/C18H26N4O/c1-23-12-11-19-17-15-9-5-6-10-16(15)21-18(22-17)20-13-14-7-3-2-4-8-14/h5-6,9-10,14H,2-4,7-8,11-13H2,1H3,(H2,19,20,21,22). The zero-order chi connectivity index (χ0) is 15.9. The molecule has 0 radical (unpaired) electrons. The van der Waals surface area contributed by atoms with Crippen LogP contribution in [0.4, 0.5) is 11.8 Å². The molecule has 23 heavy (non-hydrogen) atoms. The Kier molecular flexibility index (Phi) is 5.64. The summed E-state index contributed by atoms with van der Waals surface area (Å²) in [6, 6.07) is 8.11. The predicted molar refractivity (Wildman–Crippen MR) is 95.0 cm³/mol. The minimum Gasteiger partial charge on any atom is -0.383 e. The van der Waals surface area contributed by atoms with Crippen molar-refractivity contribution in [2.45, 2.75) is 32.1 Å². The van der Waals surface area contributed by atoms with Gasteiger partial charge >= 0.3 is 0 Å². The molecule has 1 aromatic heterocycles. The maximum Gasteiger partial charge on any atom is 0.225 e. The second-order valence-corrected chi connectivity index (χ2v) is 6.22. The summed E-state index contributed by atoms with van der Waals surface area (Å²) in [6.07, 6.45) is 6.74. The Hall–Kier alpha value is -1.88. The Bertz CT molecular complexity index is 625. The molecule has 0 spiro atoms. The third kappa shape index (κ3) is 4.32. The summed E-state index contributed by atoms with van der Waals surface area (Å²) in [6.45, 7) is 2.36. The van der Waals surface area contributed by atoms with E-state index in [0.29, 0.717) is 12.6 Å². The van der Waals surface area contributed by atoms with Crippen LogP contribution in [-0.4, -0.2) is 36.8 Å². The van der Waals surface area contributed by atoms with Gasteiger partial charge in [-0.05, 0) is 30.9 Å². The first-order chi connectivity index (χ1) is 11.4. The number of hydrogen-bond donors (Lipinski definition) is 2. The number of nitrogens with one attached hydrogen (secondary N) is 2. The van der Waals surface area contributed by atoms with Gasteiger partial charge in [0.25, 0.3) is 0 Å². The van der Waals surface area contributed by atoms with E-state index in [9.17, 15) is 0 Å². The van der Waals surface area contributed by atoms with Gasteiger partial charge in [-0.2, -0.15) is 4.98 Å². The van der Waals surface area contributed by atoms with Gasteiger partial charge in [0, 0.05) is 25.6 Å². The van der Waals surface area contributed by atoms with Crippen molar-refractivity contribution in [2.75, 3.05) is 37.4 Å². The summed E-state index contributed by atoms with van der Waals surface area (Å²) < 4.78 is 5.11. The number of aromatic nitrogens is 2. The Labute approximate surface area is 137 Å². The van der Waals surface area contributed by atoms with E-state index >= 15 is 0 Å². The Balaban J connectivity index is 1.73. The molecule has 2 aromatic rings. The lowest BCUT2D eigenvalue weighted by atomic mass is 9.89. The minimum absolute atomic E-state index is 0.656. The van der Waals surface area contributed by atoms with Crippen molar-refractivity contribution < 1.29 is 4.74 Å². The Morgan fingerprint density at radius 3 is 2.74 bits per heavy atom. The van der Waals surface area contributed by atoms with E-state index in [1.165, 1.54) is 32.1 Å². The van der Waals surface area contributed by atoms with Gasteiger partial charge in [0.15, 0.2) is 0 Å². The van der Waals surface area contributed by atoms with Crippen LogP contribution >= 0.6 is 0 Å². The van der Waals surface area contributed by atoms with E-state index in [-0.39, 0.29) is 0 Å². The van der Waals surface area contributed by atoms with E-state index in [1.54, 1.807) is 7.11 Å². The molecule has 1 saturated carbocycles. The number of para-hydroxylation sites is 1. The highest BCUT2D eigenvalue weighted by Gasteiger charge is 2.14. The summed E-state index contributed by atoms with van der Waals surface area (Å²) in [5.74, 6) is 2.34. The first-order valence-corrected chi connectivity index (χ1v) is 8.60. The number of hydrogen-bond acceptors (Lipinski definition) is 5. The molecule has 0 aliphatic heterocycles. The molecule has 1 aliphatic carbocycles. The molecule has 0 saturated heterocycles. The molecular formula is C18H26N4O. The third-order valence-corrected chi connectivity index (χ3v) is 4.48. The normalized spacial score (nSPS) is 15.7. The third-order valence-electron chi connectivity index (χ3n) is 4.48. The van der Waals surface area contributed by atoms with Crippen molar-refractivity contribution in [3.8, 4) is 0 Å². The van der Waals surface area contributed by atoms with E-state index in [2.05, 4.69) is 26.7 Å². The highest BCUT2D eigenvalue weighted by molar-refractivity contribution is 5.89. The monoisotopic (exact) mass is 314 g/mol. The number of nitrogens with zero attached hydrogens (tertiary/aromatic N) is 2. The number of benzene rings is 1. The van der Waals surface area contributed by atoms with Gasteiger partial charge in [-0.3, -0.25) is 0 Å². The lowest BCUT2D eigenvalue weighted by molar-refractivity contribution is 0.210. The molecule has 0 bridgehead atoms. The quantitative estimate of drug-likeness (QED) is 0.763. The molecule has 1 heterocycles. The van der Waals surface area contributed by atoms with Gasteiger partial charge in [-0.25, -0.2) is 4.98 Å². The zero-order valence-corrected chi connectivity index (χ0v) is 13.8. The average molecular weight is 314 g/mol. The van der Waals surface area contributed by atoms with E-state index in [1.807, 2.05) is 18.2 Å². The van der Waals surface area contributed by atoms with Crippen molar-refractivity contribution >= 4 is 22.7 Å². The fourth-order valence-electron chi connectivity index (χ4n) is 3.19. The molecule has 2 N–H and O–H groups in total. The molecule has 1 aliphatic rings. The van der Waals surface area contributed by atoms with Crippen LogP contribution < -0.4 is 10.6 Å². The Morgan fingerprint density at radius 2 is 1.91 bits per heavy atom. The molecule has 0 amide bonds. The number of rotatable bonds is 7. The second-order valence-electron chi connectivity index (χ2n) is 6.22. The number of methoxy groups -OCH3 is 1. The fourth-order valence-corrected chi connectivity index (χ4v) is 3.19. The van der Waals surface area contributed by atoms with Crippen LogP contribution in [0.5, 0.6) is 0 Å². The van der Waals surface area contributed by atoms with Crippen LogP contribution in [0, 0.1) is 5.92 Å². The molecular weight excluding hydrogens is 288 g/mol. The second kappa shape index (κ2) is 8.11. The van der Waals surface area contributed by atoms with Crippen LogP contribution in [0.25, 0.3) is 10.9 Å². The summed E-state index contributed by atoms with van der Waals surface area (Å²) in [5.41, 5.74) is 0.966. The highest BCUT2D eigenvalue weighted by Crippen LogP contribution is 2.25. The number of fused-ring (bicyclic) bond motifs is 1. The van der Waals surface area contributed by atoms with Crippen molar-refractivity contribution in [2.24, 2.45) is 5.92 Å². The predicted octanol–water partition coefficient (Wildman–Crippen LogP) is 3.68. The van der Waals surface area contributed by atoms with Gasteiger partial charge in [0.2, 0.25) is 5.95 Å². The smallest absolute Gasteiger partial charge is 0.225 e. The summed E-state index contributed by atoms with van der Waals surface area (Å²) in [5, 5.41) is 7.84. The van der Waals surface area contributed by atoms with E-state index < -0.39 is 0 Å². The number of ether oxygens (including phenoxy) is 1. The summed E-state index contributed by atoms with van der Waals surface area (Å²) in [7, 11) is 1.71. The lowest BCUT2D eigenvalue weighted by Crippen LogP contribution is -2.19. The van der Waals surface area contributed by atoms with Gasteiger partial charge in [-0.1, -0.05) is 31.4 Å².